The Balaban J connectivity index is 2.10. The monoisotopic (exact) mass is 171 g/mol. The summed E-state index contributed by atoms with van der Waals surface area (Å²) in [5.41, 5.74) is 0. The van der Waals surface area contributed by atoms with Gasteiger partial charge in [-0.3, -0.25) is 4.79 Å². The summed E-state index contributed by atoms with van der Waals surface area (Å²) < 4.78 is 4.88. The van der Waals surface area contributed by atoms with Crippen molar-refractivity contribution >= 4 is 5.91 Å². The Bertz CT molecular complexity index is 170. The van der Waals surface area contributed by atoms with Gasteiger partial charge in [0, 0.05) is 13.7 Å². The third-order valence-corrected chi connectivity index (χ3v) is 2.54. The fourth-order valence-corrected chi connectivity index (χ4v) is 1.17. The van der Waals surface area contributed by atoms with Crippen LogP contribution in [-0.4, -0.2) is 25.7 Å². The fourth-order valence-electron chi connectivity index (χ4n) is 1.17. The highest BCUT2D eigenvalue weighted by Gasteiger charge is 2.32. The van der Waals surface area contributed by atoms with Gasteiger partial charge >= 0.3 is 0 Å². The van der Waals surface area contributed by atoms with E-state index in [1.807, 2.05) is 0 Å². The van der Waals surface area contributed by atoms with Crippen molar-refractivity contribution in [3.63, 3.8) is 0 Å². The van der Waals surface area contributed by atoms with Crippen LogP contribution >= 0.6 is 0 Å². The highest BCUT2D eigenvalue weighted by Crippen LogP contribution is 2.36. The molecule has 0 spiro atoms. The molecule has 1 saturated carbocycles. The Morgan fingerprint density at radius 1 is 1.75 bits per heavy atom. The Morgan fingerprint density at radius 3 is 2.75 bits per heavy atom. The molecule has 0 heterocycles. The van der Waals surface area contributed by atoms with Crippen molar-refractivity contribution in [3.8, 4) is 0 Å². The molecule has 1 rings (SSSR count). The molecule has 1 aliphatic carbocycles. The summed E-state index contributed by atoms with van der Waals surface area (Å²) in [6.45, 7) is 4.77. The van der Waals surface area contributed by atoms with Crippen molar-refractivity contribution in [2.45, 2.75) is 26.4 Å². The molecular weight excluding hydrogens is 154 g/mol. The molecule has 0 bridgehead atoms. The minimum absolute atomic E-state index is 0.00315. The lowest BCUT2D eigenvalue weighted by Gasteiger charge is -2.09. The molecule has 3 heteroatoms. The maximum Gasteiger partial charge on any atom is 0.248 e. The summed E-state index contributed by atoms with van der Waals surface area (Å²) in [4.78, 5) is 11.2. The number of methoxy groups -OCH3 is 1. The van der Waals surface area contributed by atoms with Crippen LogP contribution in [0, 0.1) is 11.8 Å². The van der Waals surface area contributed by atoms with Crippen molar-refractivity contribution in [2.75, 3.05) is 13.7 Å². The molecule has 0 aliphatic heterocycles. The molecule has 0 aromatic heterocycles. The van der Waals surface area contributed by atoms with Crippen LogP contribution in [0.25, 0.3) is 0 Å². The first-order valence-corrected chi connectivity index (χ1v) is 4.45. The molecule has 0 saturated heterocycles. The second-order valence-electron chi connectivity index (χ2n) is 3.60. The van der Waals surface area contributed by atoms with Crippen LogP contribution in [0.5, 0.6) is 0 Å². The van der Waals surface area contributed by atoms with Gasteiger partial charge in [0.15, 0.2) is 0 Å². The van der Waals surface area contributed by atoms with Gasteiger partial charge < -0.3 is 10.1 Å². The number of rotatable bonds is 4. The Morgan fingerprint density at radius 2 is 2.33 bits per heavy atom. The maximum atomic E-state index is 11.2. The van der Waals surface area contributed by atoms with Gasteiger partial charge in [-0.25, -0.2) is 0 Å². The Kier molecular flexibility index (Phi) is 3.09. The zero-order chi connectivity index (χ0) is 9.14. The van der Waals surface area contributed by atoms with E-state index in [-0.39, 0.29) is 12.0 Å². The van der Waals surface area contributed by atoms with Gasteiger partial charge in [-0.15, -0.1) is 0 Å². The van der Waals surface area contributed by atoms with Gasteiger partial charge in [0.2, 0.25) is 5.91 Å². The van der Waals surface area contributed by atoms with E-state index in [0.29, 0.717) is 5.92 Å². The first kappa shape index (κ1) is 9.52. The van der Waals surface area contributed by atoms with E-state index < -0.39 is 0 Å². The quantitative estimate of drug-likeness (QED) is 0.679. The third-order valence-electron chi connectivity index (χ3n) is 2.54. The molecule has 1 N–H and O–H groups in total. The van der Waals surface area contributed by atoms with E-state index in [4.69, 9.17) is 4.74 Å². The summed E-state index contributed by atoms with van der Waals surface area (Å²) in [5, 5.41) is 2.86. The van der Waals surface area contributed by atoms with Crippen molar-refractivity contribution in [2.24, 2.45) is 11.8 Å². The number of carbonyl (C=O) groups excluding carboxylic acids is 1. The molecule has 1 amide bonds. The molecule has 0 aromatic rings. The summed E-state index contributed by atoms with van der Waals surface area (Å²) in [5.74, 6) is 1.50. The largest absolute Gasteiger partial charge is 0.372 e. The summed E-state index contributed by atoms with van der Waals surface area (Å²) in [6.07, 6.45) is 0.931. The van der Waals surface area contributed by atoms with Gasteiger partial charge in [0.05, 0.1) is 0 Å². The van der Waals surface area contributed by atoms with Crippen LogP contribution in [0.15, 0.2) is 0 Å². The maximum absolute atomic E-state index is 11.2. The summed E-state index contributed by atoms with van der Waals surface area (Å²) in [6, 6.07) is 0. The predicted octanol–water partition coefficient (Wildman–Crippen LogP) is 0.793. The number of carbonyl (C=O) groups is 1. The highest BCUT2D eigenvalue weighted by molar-refractivity contribution is 5.80. The number of ether oxygens (including phenoxy) is 1. The van der Waals surface area contributed by atoms with Crippen LogP contribution in [-0.2, 0) is 9.53 Å². The van der Waals surface area contributed by atoms with E-state index in [0.717, 1.165) is 12.5 Å². The van der Waals surface area contributed by atoms with Gasteiger partial charge in [-0.05, 0) is 25.2 Å². The SMILES string of the molecule is COC(C)C(=O)NCC1CC1C. The number of amides is 1. The van der Waals surface area contributed by atoms with Gasteiger partial charge in [-0.2, -0.15) is 0 Å². The van der Waals surface area contributed by atoms with Crippen LogP contribution in [0.2, 0.25) is 0 Å². The van der Waals surface area contributed by atoms with Gasteiger partial charge in [-0.1, -0.05) is 6.92 Å². The van der Waals surface area contributed by atoms with Crippen molar-refractivity contribution in [3.05, 3.63) is 0 Å². The van der Waals surface area contributed by atoms with Crippen LogP contribution < -0.4 is 5.32 Å². The van der Waals surface area contributed by atoms with Crippen LogP contribution in [0.4, 0.5) is 0 Å². The van der Waals surface area contributed by atoms with Gasteiger partial charge in [0.1, 0.15) is 6.10 Å². The van der Waals surface area contributed by atoms with E-state index in [1.54, 1.807) is 14.0 Å². The van der Waals surface area contributed by atoms with E-state index in [2.05, 4.69) is 12.2 Å². The Labute approximate surface area is 73.5 Å². The highest BCUT2D eigenvalue weighted by atomic mass is 16.5. The van der Waals surface area contributed by atoms with E-state index in [1.165, 1.54) is 6.42 Å². The molecule has 70 valence electrons. The lowest BCUT2D eigenvalue weighted by Crippen LogP contribution is -2.35. The second-order valence-corrected chi connectivity index (χ2v) is 3.60. The fraction of sp³-hybridized carbons (Fsp3) is 0.889. The van der Waals surface area contributed by atoms with Crippen LogP contribution in [0.1, 0.15) is 20.3 Å². The smallest absolute Gasteiger partial charge is 0.248 e. The van der Waals surface area contributed by atoms with Crippen molar-refractivity contribution in [1.82, 2.24) is 5.32 Å². The topological polar surface area (TPSA) is 38.3 Å². The Hall–Kier alpha value is -0.570. The van der Waals surface area contributed by atoms with Crippen molar-refractivity contribution < 1.29 is 9.53 Å². The van der Waals surface area contributed by atoms with Crippen molar-refractivity contribution in [1.29, 1.82) is 0 Å². The zero-order valence-corrected chi connectivity index (χ0v) is 7.96. The minimum Gasteiger partial charge on any atom is -0.372 e. The summed E-state index contributed by atoms with van der Waals surface area (Å²) in [7, 11) is 1.55. The minimum atomic E-state index is -0.320. The molecule has 12 heavy (non-hydrogen) atoms. The van der Waals surface area contributed by atoms with E-state index >= 15 is 0 Å². The average Bonchev–Trinajstić information content (AvgIpc) is 2.76. The predicted molar refractivity (Wildman–Crippen MR) is 46.8 cm³/mol. The lowest BCUT2D eigenvalue weighted by molar-refractivity contribution is -0.130. The number of hydrogen-bond acceptors (Lipinski definition) is 2. The van der Waals surface area contributed by atoms with Gasteiger partial charge in [0.25, 0.3) is 0 Å². The standard InChI is InChI=1S/C9H17NO2/c1-6-4-8(6)5-10-9(11)7(2)12-3/h6-8H,4-5H2,1-3H3,(H,10,11). The molecular formula is C9H17NO2. The average molecular weight is 171 g/mol. The third kappa shape index (κ3) is 2.48. The molecule has 0 aromatic carbocycles. The molecule has 3 atom stereocenters. The molecule has 3 nitrogen and oxygen atoms in total. The molecule has 1 aliphatic rings. The molecule has 0 radical (unpaired) electrons. The van der Waals surface area contributed by atoms with Crippen LogP contribution in [0.3, 0.4) is 0 Å². The molecule has 3 unspecified atom stereocenters. The molecule has 1 fully saturated rings. The zero-order valence-electron chi connectivity index (χ0n) is 7.96. The summed E-state index contributed by atoms with van der Waals surface area (Å²) >= 11 is 0. The first-order chi connectivity index (χ1) is 5.65. The van der Waals surface area contributed by atoms with E-state index in [9.17, 15) is 4.79 Å². The second kappa shape index (κ2) is 3.90. The number of hydrogen-bond donors (Lipinski definition) is 1. The first-order valence-electron chi connectivity index (χ1n) is 4.45. The normalized spacial score (nSPS) is 29.6. The lowest BCUT2D eigenvalue weighted by atomic mass is 10.3. The number of nitrogens with one attached hydrogen (secondary N) is 1.